The van der Waals surface area contributed by atoms with Gasteiger partial charge in [0, 0.05) is 6.42 Å². The first kappa shape index (κ1) is 10.6. The van der Waals surface area contributed by atoms with Gasteiger partial charge in [0.1, 0.15) is 12.2 Å². The molecule has 6 heteroatoms. The fourth-order valence-electron chi connectivity index (χ4n) is 1.35. The van der Waals surface area contributed by atoms with E-state index in [0.29, 0.717) is 0 Å². The maximum absolute atomic E-state index is 12.8. The topological polar surface area (TPSA) is 37.4 Å². The van der Waals surface area contributed by atoms with E-state index in [-0.39, 0.29) is 18.3 Å². The number of halogens is 3. The van der Waals surface area contributed by atoms with Gasteiger partial charge in [0.05, 0.1) is 11.9 Å². The first-order valence-corrected chi connectivity index (χ1v) is 4.87. The zero-order valence-corrected chi connectivity index (χ0v) is 8.26. The molecule has 0 unspecified atom stereocenters. The number of amides is 1. The highest BCUT2D eigenvalue weighted by molar-refractivity contribution is 9.09. The molecule has 0 aromatic carbocycles. The normalized spacial score (nSPS) is 27.8. The van der Waals surface area contributed by atoms with Crippen molar-refractivity contribution in [2.75, 3.05) is 11.9 Å². The molecule has 0 bridgehead atoms. The summed E-state index contributed by atoms with van der Waals surface area (Å²) in [6.45, 7) is -0.190. The number of hydrogen-bond acceptors (Lipinski definition) is 2. The van der Waals surface area contributed by atoms with Crippen LogP contribution in [0.5, 0.6) is 0 Å². The fraction of sp³-hybridized carbons (Fsp3) is 0.714. The van der Waals surface area contributed by atoms with Crippen molar-refractivity contribution in [3.63, 3.8) is 0 Å². The average molecular weight is 256 g/mol. The zero-order chi connectivity index (χ0) is 10.0. The molecule has 0 saturated carbocycles. The lowest BCUT2D eigenvalue weighted by Gasteiger charge is -2.19. The van der Waals surface area contributed by atoms with E-state index in [2.05, 4.69) is 15.9 Å². The Hall–Kier alpha value is -0.520. The summed E-state index contributed by atoms with van der Waals surface area (Å²) >= 11 is 2.87. The smallest absolute Gasteiger partial charge is 0.323 e. The summed E-state index contributed by atoms with van der Waals surface area (Å²) in [4.78, 5) is 22.4. The van der Waals surface area contributed by atoms with Gasteiger partial charge in [0.15, 0.2) is 0 Å². The molecule has 0 N–H and O–H groups in total. The van der Waals surface area contributed by atoms with Crippen LogP contribution in [0.2, 0.25) is 0 Å². The Bertz CT molecular complexity index is 237. The molecule has 13 heavy (non-hydrogen) atoms. The molecule has 1 heterocycles. The molecular formula is C7H8BrF2NO2. The van der Waals surface area contributed by atoms with Crippen molar-refractivity contribution in [1.29, 1.82) is 0 Å². The van der Waals surface area contributed by atoms with E-state index in [1.54, 1.807) is 0 Å². The van der Waals surface area contributed by atoms with Gasteiger partial charge in [-0.2, -0.15) is 4.39 Å². The zero-order valence-electron chi connectivity index (χ0n) is 6.67. The SMILES string of the molecule is O=C(F)[C@H]1C[C@H](F)CN1C(=O)CBr. The summed E-state index contributed by atoms with van der Waals surface area (Å²) in [5.41, 5.74) is 0. The van der Waals surface area contributed by atoms with Gasteiger partial charge in [0.2, 0.25) is 5.91 Å². The second-order valence-corrected chi connectivity index (χ2v) is 3.39. The van der Waals surface area contributed by atoms with Gasteiger partial charge >= 0.3 is 6.04 Å². The van der Waals surface area contributed by atoms with Gasteiger partial charge in [-0.1, -0.05) is 15.9 Å². The van der Waals surface area contributed by atoms with Gasteiger partial charge in [-0.05, 0) is 0 Å². The molecule has 1 aliphatic heterocycles. The third-order valence-corrected chi connectivity index (χ3v) is 2.43. The van der Waals surface area contributed by atoms with Crippen molar-refractivity contribution in [3.8, 4) is 0 Å². The third kappa shape index (κ3) is 2.24. The van der Waals surface area contributed by atoms with Crippen molar-refractivity contribution >= 4 is 27.9 Å². The van der Waals surface area contributed by atoms with Crippen LogP contribution in [0.1, 0.15) is 6.42 Å². The first-order chi connectivity index (χ1) is 6.06. The second kappa shape index (κ2) is 4.13. The maximum Gasteiger partial charge on any atom is 0.323 e. The second-order valence-electron chi connectivity index (χ2n) is 2.83. The van der Waals surface area contributed by atoms with E-state index in [1.807, 2.05) is 0 Å². The van der Waals surface area contributed by atoms with E-state index >= 15 is 0 Å². The summed E-state index contributed by atoms with van der Waals surface area (Å²) in [5.74, 6) is -0.462. The maximum atomic E-state index is 12.8. The van der Waals surface area contributed by atoms with E-state index < -0.39 is 24.2 Å². The molecule has 0 aliphatic carbocycles. The molecule has 0 aromatic heterocycles. The van der Waals surface area contributed by atoms with Crippen LogP contribution in [0.4, 0.5) is 8.78 Å². The highest BCUT2D eigenvalue weighted by Gasteiger charge is 2.39. The summed E-state index contributed by atoms with van der Waals surface area (Å²) in [5, 5.41) is -0.0243. The highest BCUT2D eigenvalue weighted by atomic mass is 79.9. The number of carbonyl (C=O) groups excluding carboxylic acids is 2. The molecule has 0 radical (unpaired) electrons. The summed E-state index contributed by atoms with van der Waals surface area (Å²) in [6.07, 6.45) is -1.53. The number of carbonyl (C=O) groups is 2. The van der Waals surface area contributed by atoms with E-state index in [9.17, 15) is 18.4 Å². The number of hydrogen-bond donors (Lipinski definition) is 0. The molecule has 1 aliphatic rings. The van der Waals surface area contributed by atoms with Crippen LogP contribution in [0, 0.1) is 0 Å². The van der Waals surface area contributed by atoms with Crippen LogP contribution in [-0.4, -0.2) is 40.9 Å². The van der Waals surface area contributed by atoms with Crippen LogP contribution in [0.3, 0.4) is 0 Å². The predicted molar refractivity (Wildman–Crippen MR) is 44.9 cm³/mol. The quantitative estimate of drug-likeness (QED) is 0.541. The Morgan fingerprint density at radius 2 is 2.15 bits per heavy atom. The Kier molecular flexibility index (Phi) is 3.35. The monoisotopic (exact) mass is 255 g/mol. The van der Waals surface area contributed by atoms with E-state index in [0.717, 1.165) is 4.90 Å². The number of likely N-dealkylation sites (tertiary alicyclic amines) is 1. The average Bonchev–Trinajstić information content (AvgIpc) is 2.46. The van der Waals surface area contributed by atoms with Crippen LogP contribution >= 0.6 is 15.9 Å². The Morgan fingerprint density at radius 1 is 1.54 bits per heavy atom. The number of rotatable bonds is 2. The molecule has 74 valence electrons. The van der Waals surface area contributed by atoms with Crippen molar-refractivity contribution in [1.82, 2.24) is 4.90 Å². The summed E-state index contributed by atoms with van der Waals surface area (Å²) in [6, 6.07) is -2.87. The Balaban J connectivity index is 2.71. The minimum absolute atomic E-state index is 0.0243. The van der Waals surface area contributed by atoms with Gasteiger partial charge in [-0.3, -0.25) is 9.59 Å². The predicted octanol–water partition coefficient (Wildman–Crippen LogP) is 0.816. The van der Waals surface area contributed by atoms with Gasteiger partial charge in [-0.25, -0.2) is 4.39 Å². The molecule has 1 fully saturated rings. The van der Waals surface area contributed by atoms with E-state index in [1.165, 1.54) is 0 Å². The van der Waals surface area contributed by atoms with Gasteiger partial charge in [0.25, 0.3) is 0 Å². The standard InChI is InChI=1S/C7H8BrF2NO2/c8-2-6(12)11-3-4(9)1-5(11)7(10)13/h4-5H,1-3H2/t4-,5+/m0/s1. The fourth-order valence-corrected chi connectivity index (χ4v) is 1.67. The molecule has 3 nitrogen and oxygen atoms in total. The van der Waals surface area contributed by atoms with Crippen LogP contribution in [0.25, 0.3) is 0 Å². The molecular weight excluding hydrogens is 248 g/mol. The Morgan fingerprint density at radius 3 is 2.62 bits per heavy atom. The molecule has 2 atom stereocenters. The number of alkyl halides is 2. The van der Waals surface area contributed by atoms with Crippen molar-refractivity contribution in [3.05, 3.63) is 0 Å². The van der Waals surface area contributed by atoms with Crippen molar-refractivity contribution in [2.24, 2.45) is 0 Å². The van der Waals surface area contributed by atoms with Crippen LogP contribution in [0.15, 0.2) is 0 Å². The van der Waals surface area contributed by atoms with Crippen molar-refractivity contribution < 1.29 is 18.4 Å². The first-order valence-electron chi connectivity index (χ1n) is 3.75. The van der Waals surface area contributed by atoms with Crippen LogP contribution in [-0.2, 0) is 9.59 Å². The molecule has 1 rings (SSSR count). The lowest BCUT2D eigenvalue weighted by molar-refractivity contribution is -0.141. The summed E-state index contributed by atoms with van der Waals surface area (Å²) < 4.78 is 25.1. The molecule has 0 spiro atoms. The molecule has 0 aromatic rings. The van der Waals surface area contributed by atoms with E-state index in [4.69, 9.17) is 0 Å². The minimum atomic E-state index is -1.64. The molecule has 1 saturated heterocycles. The summed E-state index contributed by atoms with van der Waals surface area (Å²) in [7, 11) is 0. The van der Waals surface area contributed by atoms with Crippen LogP contribution < -0.4 is 0 Å². The largest absolute Gasteiger partial charge is 0.326 e. The third-order valence-electron chi connectivity index (χ3n) is 1.95. The lowest BCUT2D eigenvalue weighted by Crippen LogP contribution is -2.39. The van der Waals surface area contributed by atoms with Gasteiger partial charge < -0.3 is 4.90 Å². The number of nitrogens with zero attached hydrogens (tertiary/aromatic N) is 1. The van der Waals surface area contributed by atoms with Crippen molar-refractivity contribution in [2.45, 2.75) is 18.6 Å². The minimum Gasteiger partial charge on any atom is -0.326 e. The molecule has 1 amide bonds. The van der Waals surface area contributed by atoms with Gasteiger partial charge in [-0.15, -0.1) is 0 Å². The highest BCUT2D eigenvalue weighted by Crippen LogP contribution is 2.21. The Labute approximate surface area is 82.2 Å². The lowest BCUT2D eigenvalue weighted by atomic mass is 10.2.